The predicted molar refractivity (Wildman–Crippen MR) is 84.8 cm³/mol. The van der Waals surface area contributed by atoms with E-state index in [1.807, 2.05) is 30.3 Å². The molecule has 5 nitrogen and oxygen atoms in total. The number of aliphatic carboxylic acids is 1. The minimum atomic E-state index is -0.925. The third-order valence-corrected chi connectivity index (χ3v) is 5.12. The zero-order valence-corrected chi connectivity index (χ0v) is 13.2. The van der Waals surface area contributed by atoms with Crippen LogP contribution in [0.3, 0.4) is 0 Å². The number of amides is 1. The molecule has 23 heavy (non-hydrogen) atoms. The van der Waals surface area contributed by atoms with Crippen LogP contribution < -0.4 is 0 Å². The molecule has 1 aliphatic heterocycles. The lowest BCUT2D eigenvalue weighted by Gasteiger charge is -2.43. The topological polar surface area (TPSA) is 66.8 Å². The molecule has 3 rings (SSSR count). The molecule has 0 spiro atoms. The predicted octanol–water partition coefficient (Wildman–Crippen LogP) is 3.29. The summed E-state index contributed by atoms with van der Waals surface area (Å²) in [5.41, 5.74) is 0.903. The van der Waals surface area contributed by atoms with E-state index in [0.717, 1.165) is 18.4 Å². The number of rotatable bonds is 3. The average Bonchev–Trinajstić information content (AvgIpc) is 2.59. The Hall–Kier alpha value is -2.04. The van der Waals surface area contributed by atoms with Gasteiger partial charge in [-0.1, -0.05) is 49.6 Å². The number of carbonyl (C=O) groups excluding carboxylic acids is 1. The fourth-order valence-electron chi connectivity index (χ4n) is 3.87. The molecule has 1 amide bonds. The van der Waals surface area contributed by atoms with Gasteiger partial charge in [0.25, 0.3) is 0 Å². The van der Waals surface area contributed by atoms with Crippen LogP contribution >= 0.6 is 0 Å². The molecule has 1 aliphatic carbocycles. The lowest BCUT2D eigenvalue weighted by molar-refractivity contribution is -0.146. The van der Waals surface area contributed by atoms with Gasteiger partial charge in [-0.05, 0) is 30.2 Å². The molecule has 3 atom stereocenters. The van der Waals surface area contributed by atoms with Gasteiger partial charge < -0.3 is 9.84 Å². The Morgan fingerprint density at radius 2 is 1.83 bits per heavy atom. The van der Waals surface area contributed by atoms with Crippen LogP contribution in [0.4, 0.5) is 4.79 Å². The number of benzene rings is 1. The van der Waals surface area contributed by atoms with Gasteiger partial charge in [-0.3, -0.25) is 4.90 Å². The number of fused-ring (bicyclic) bond motifs is 1. The zero-order chi connectivity index (χ0) is 16.2. The first kappa shape index (κ1) is 15.8. The maximum atomic E-state index is 12.4. The first-order chi connectivity index (χ1) is 11.1. The zero-order valence-electron chi connectivity index (χ0n) is 13.2. The van der Waals surface area contributed by atoms with Crippen LogP contribution in [0, 0.1) is 11.8 Å². The Morgan fingerprint density at radius 1 is 1.13 bits per heavy atom. The van der Waals surface area contributed by atoms with Crippen LogP contribution in [-0.4, -0.2) is 34.7 Å². The van der Waals surface area contributed by atoms with Crippen molar-refractivity contribution in [1.29, 1.82) is 0 Å². The van der Waals surface area contributed by atoms with Gasteiger partial charge in [-0.25, -0.2) is 9.59 Å². The van der Waals surface area contributed by atoms with Gasteiger partial charge in [0, 0.05) is 6.54 Å². The molecule has 124 valence electrons. The minimum Gasteiger partial charge on any atom is -0.480 e. The normalized spacial score (nSPS) is 27.1. The molecule has 5 heteroatoms. The van der Waals surface area contributed by atoms with Crippen molar-refractivity contribution in [2.24, 2.45) is 11.8 Å². The monoisotopic (exact) mass is 317 g/mol. The third kappa shape index (κ3) is 3.66. The highest BCUT2D eigenvalue weighted by Crippen LogP contribution is 2.38. The number of likely N-dealkylation sites (tertiary alicyclic amines) is 1. The molecule has 1 aromatic rings. The molecular formula is C18H23NO4. The van der Waals surface area contributed by atoms with Gasteiger partial charge in [0.05, 0.1) is 0 Å². The Balaban J connectivity index is 1.65. The summed E-state index contributed by atoms with van der Waals surface area (Å²) in [5, 5.41) is 9.48. The lowest BCUT2D eigenvalue weighted by Crippen LogP contribution is -2.54. The molecule has 2 aliphatic rings. The summed E-state index contributed by atoms with van der Waals surface area (Å²) in [6.07, 6.45) is 4.56. The smallest absolute Gasteiger partial charge is 0.410 e. The number of hydrogen-bond acceptors (Lipinski definition) is 3. The lowest BCUT2D eigenvalue weighted by atomic mass is 9.73. The third-order valence-electron chi connectivity index (χ3n) is 5.12. The van der Waals surface area contributed by atoms with Crippen LogP contribution in [0.2, 0.25) is 0 Å². The van der Waals surface area contributed by atoms with Crippen LogP contribution in [0.5, 0.6) is 0 Å². The molecule has 3 unspecified atom stereocenters. The summed E-state index contributed by atoms with van der Waals surface area (Å²) < 4.78 is 5.35. The van der Waals surface area contributed by atoms with Gasteiger partial charge in [0.15, 0.2) is 0 Å². The second-order valence-electron chi connectivity index (χ2n) is 6.59. The fraction of sp³-hybridized carbons (Fsp3) is 0.556. The first-order valence-corrected chi connectivity index (χ1v) is 8.35. The highest BCUT2D eigenvalue weighted by molar-refractivity contribution is 5.80. The summed E-state index contributed by atoms with van der Waals surface area (Å²) in [6.45, 7) is 0.686. The number of piperidine rings is 1. The van der Waals surface area contributed by atoms with E-state index in [4.69, 9.17) is 4.74 Å². The summed E-state index contributed by atoms with van der Waals surface area (Å²) >= 11 is 0. The van der Waals surface area contributed by atoms with E-state index < -0.39 is 18.1 Å². The Bertz CT molecular complexity index is 559. The largest absolute Gasteiger partial charge is 0.480 e. The Kier molecular flexibility index (Phi) is 4.84. The van der Waals surface area contributed by atoms with Crippen molar-refractivity contribution < 1.29 is 19.4 Å². The van der Waals surface area contributed by atoms with Crippen molar-refractivity contribution in [1.82, 2.24) is 4.90 Å². The van der Waals surface area contributed by atoms with Crippen LogP contribution in [0.1, 0.15) is 37.7 Å². The van der Waals surface area contributed by atoms with E-state index in [-0.39, 0.29) is 6.61 Å². The van der Waals surface area contributed by atoms with Crippen molar-refractivity contribution >= 4 is 12.1 Å². The second kappa shape index (κ2) is 7.02. The van der Waals surface area contributed by atoms with E-state index >= 15 is 0 Å². The highest BCUT2D eigenvalue weighted by atomic mass is 16.6. The quantitative estimate of drug-likeness (QED) is 0.929. The van der Waals surface area contributed by atoms with Gasteiger partial charge >= 0.3 is 12.1 Å². The van der Waals surface area contributed by atoms with Gasteiger partial charge in [0.1, 0.15) is 12.6 Å². The molecular weight excluding hydrogens is 294 g/mol. The number of carbonyl (C=O) groups is 2. The van der Waals surface area contributed by atoms with Crippen molar-refractivity contribution in [3.63, 3.8) is 0 Å². The van der Waals surface area contributed by atoms with E-state index in [1.165, 1.54) is 17.7 Å². The number of ether oxygens (including phenoxy) is 1. The minimum absolute atomic E-state index is 0.177. The SMILES string of the molecule is O=C(O)C1CC2CCCCC2CN1C(=O)OCc1ccccc1. The number of carboxylic acid groups (broad SMARTS) is 1. The first-order valence-electron chi connectivity index (χ1n) is 8.35. The summed E-state index contributed by atoms with van der Waals surface area (Å²) in [4.78, 5) is 25.4. The van der Waals surface area contributed by atoms with Gasteiger partial charge in [-0.2, -0.15) is 0 Å². The van der Waals surface area contributed by atoms with Crippen molar-refractivity contribution in [3.05, 3.63) is 35.9 Å². The molecule has 0 bridgehead atoms. The maximum Gasteiger partial charge on any atom is 0.410 e. The second-order valence-corrected chi connectivity index (χ2v) is 6.59. The average molecular weight is 317 g/mol. The van der Waals surface area contributed by atoms with E-state index in [2.05, 4.69) is 0 Å². The van der Waals surface area contributed by atoms with Crippen molar-refractivity contribution in [3.8, 4) is 0 Å². The van der Waals surface area contributed by atoms with E-state index in [9.17, 15) is 14.7 Å². The molecule has 1 saturated carbocycles. The molecule has 2 fully saturated rings. The molecule has 0 aromatic heterocycles. The standard InChI is InChI=1S/C18H23NO4/c20-17(21)16-10-14-8-4-5-9-15(14)11-19(16)18(22)23-12-13-6-2-1-3-7-13/h1-3,6-7,14-16H,4-5,8-12H2,(H,20,21). The molecule has 0 radical (unpaired) electrons. The van der Waals surface area contributed by atoms with Crippen LogP contribution in [-0.2, 0) is 16.1 Å². The van der Waals surface area contributed by atoms with Crippen molar-refractivity contribution in [2.45, 2.75) is 44.8 Å². The van der Waals surface area contributed by atoms with Crippen LogP contribution in [0.15, 0.2) is 30.3 Å². The van der Waals surface area contributed by atoms with Gasteiger partial charge in [0.2, 0.25) is 0 Å². The highest BCUT2D eigenvalue weighted by Gasteiger charge is 2.42. The number of nitrogens with zero attached hydrogens (tertiary/aromatic N) is 1. The molecule has 1 aromatic carbocycles. The molecule has 1 saturated heterocycles. The Labute approximate surface area is 136 Å². The van der Waals surface area contributed by atoms with Gasteiger partial charge in [-0.15, -0.1) is 0 Å². The number of carboxylic acids is 1. The summed E-state index contributed by atoms with van der Waals surface area (Å²) in [6, 6.07) is 8.69. The molecule has 1 N–H and O–H groups in total. The summed E-state index contributed by atoms with van der Waals surface area (Å²) in [5.74, 6) is -0.0719. The van der Waals surface area contributed by atoms with Crippen molar-refractivity contribution in [2.75, 3.05) is 6.54 Å². The summed E-state index contributed by atoms with van der Waals surface area (Å²) in [7, 11) is 0. The maximum absolute atomic E-state index is 12.4. The molecule has 1 heterocycles. The Morgan fingerprint density at radius 3 is 2.52 bits per heavy atom. The van der Waals surface area contributed by atoms with E-state index in [0.29, 0.717) is 24.8 Å². The fourth-order valence-corrected chi connectivity index (χ4v) is 3.87. The van der Waals surface area contributed by atoms with E-state index in [1.54, 1.807) is 0 Å². The van der Waals surface area contributed by atoms with Crippen LogP contribution in [0.25, 0.3) is 0 Å². The number of hydrogen-bond donors (Lipinski definition) is 1.